The van der Waals surface area contributed by atoms with E-state index in [4.69, 9.17) is 14.2 Å². The Bertz CT molecular complexity index is 1250. The average molecular weight is 441 g/mol. The standard InChI is InChI=1S/C26H23N3O4/c1-31-22-13-12-20(15-24(22)32-17-19-7-3-2-4-8-19)16-28-29-25(30)18-33-23-11-5-9-21-10-6-14-27-26(21)23/h2-16H,17-18H2,1H3,(H,29,30)/b28-16-. The van der Waals surface area contributed by atoms with Crippen LogP contribution in [0.5, 0.6) is 17.2 Å². The number of nitrogens with one attached hydrogen (secondary N) is 1. The summed E-state index contributed by atoms with van der Waals surface area (Å²) in [4.78, 5) is 16.5. The molecule has 1 heterocycles. The van der Waals surface area contributed by atoms with Crippen molar-refractivity contribution in [3.63, 3.8) is 0 Å². The second-order valence-corrected chi connectivity index (χ2v) is 7.10. The third kappa shape index (κ3) is 5.86. The Balaban J connectivity index is 1.34. The highest BCUT2D eigenvalue weighted by atomic mass is 16.5. The minimum absolute atomic E-state index is 0.179. The maximum absolute atomic E-state index is 12.2. The number of ether oxygens (including phenoxy) is 3. The Morgan fingerprint density at radius 1 is 0.939 bits per heavy atom. The number of hydrogen-bond donors (Lipinski definition) is 1. The van der Waals surface area contributed by atoms with Gasteiger partial charge < -0.3 is 14.2 Å². The second kappa shape index (κ2) is 10.8. The normalized spacial score (nSPS) is 10.8. The minimum Gasteiger partial charge on any atom is -0.493 e. The van der Waals surface area contributed by atoms with E-state index in [1.54, 1.807) is 31.5 Å². The van der Waals surface area contributed by atoms with Crippen LogP contribution in [0, 0.1) is 0 Å². The molecule has 7 heteroatoms. The fourth-order valence-electron chi connectivity index (χ4n) is 3.17. The summed E-state index contributed by atoms with van der Waals surface area (Å²) in [6, 6.07) is 24.6. The number of amides is 1. The van der Waals surface area contributed by atoms with Gasteiger partial charge in [-0.15, -0.1) is 0 Å². The summed E-state index contributed by atoms with van der Waals surface area (Å²) < 4.78 is 16.9. The maximum atomic E-state index is 12.2. The molecule has 0 spiro atoms. The first kappa shape index (κ1) is 21.8. The summed E-state index contributed by atoms with van der Waals surface area (Å²) in [5.74, 6) is 1.36. The van der Waals surface area contributed by atoms with Crippen molar-refractivity contribution < 1.29 is 19.0 Å². The van der Waals surface area contributed by atoms with Crippen molar-refractivity contribution in [2.75, 3.05) is 13.7 Å². The molecule has 0 saturated carbocycles. The Morgan fingerprint density at radius 3 is 2.64 bits per heavy atom. The SMILES string of the molecule is COc1ccc(/C=N\NC(=O)COc2cccc3cccnc23)cc1OCc1ccccc1. The molecule has 0 radical (unpaired) electrons. The Hall–Kier alpha value is -4.39. The van der Waals surface area contributed by atoms with Gasteiger partial charge in [-0.2, -0.15) is 5.10 Å². The highest BCUT2D eigenvalue weighted by Gasteiger charge is 2.07. The zero-order valence-corrected chi connectivity index (χ0v) is 18.1. The van der Waals surface area contributed by atoms with Crippen LogP contribution in [0.15, 0.2) is 90.2 Å². The summed E-state index contributed by atoms with van der Waals surface area (Å²) in [6.45, 7) is 0.232. The molecule has 3 aromatic carbocycles. The van der Waals surface area contributed by atoms with E-state index in [2.05, 4.69) is 15.5 Å². The van der Waals surface area contributed by atoms with Crippen LogP contribution in [-0.2, 0) is 11.4 Å². The van der Waals surface area contributed by atoms with Crippen molar-refractivity contribution in [1.82, 2.24) is 10.4 Å². The molecular formula is C26H23N3O4. The Kier molecular flexibility index (Phi) is 7.12. The summed E-state index contributed by atoms with van der Waals surface area (Å²) >= 11 is 0. The molecule has 7 nitrogen and oxygen atoms in total. The number of carbonyl (C=O) groups is 1. The number of fused-ring (bicyclic) bond motifs is 1. The summed E-state index contributed by atoms with van der Waals surface area (Å²) in [6.07, 6.45) is 3.22. The first-order valence-electron chi connectivity index (χ1n) is 10.4. The van der Waals surface area contributed by atoms with E-state index >= 15 is 0 Å². The first-order valence-corrected chi connectivity index (χ1v) is 10.4. The van der Waals surface area contributed by atoms with Crippen LogP contribution in [0.1, 0.15) is 11.1 Å². The fraction of sp³-hybridized carbons (Fsp3) is 0.115. The zero-order chi connectivity index (χ0) is 22.9. The molecule has 166 valence electrons. The first-order chi connectivity index (χ1) is 16.2. The average Bonchev–Trinajstić information content (AvgIpc) is 2.87. The van der Waals surface area contributed by atoms with E-state index < -0.39 is 0 Å². The van der Waals surface area contributed by atoms with Crippen molar-refractivity contribution in [3.8, 4) is 17.2 Å². The zero-order valence-electron chi connectivity index (χ0n) is 18.1. The van der Waals surface area contributed by atoms with E-state index in [9.17, 15) is 4.79 Å². The van der Waals surface area contributed by atoms with Crippen molar-refractivity contribution in [2.45, 2.75) is 6.61 Å². The molecule has 0 atom stereocenters. The molecule has 0 fully saturated rings. The number of benzene rings is 3. The summed E-state index contributed by atoms with van der Waals surface area (Å²) in [5, 5.41) is 4.96. The Morgan fingerprint density at radius 2 is 1.79 bits per heavy atom. The van der Waals surface area contributed by atoms with Crippen LogP contribution in [0.4, 0.5) is 0 Å². The second-order valence-electron chi connectivity index (χ2n) is 7.10. The molecule has 0 aliphatic carbocycles. The quantitative estimate of drug-likeness (QED) is 0.308. The summed E-state index contributed by atoms with van der Waals surface area (Å²) in [7, 11) is 1.59. The van der Waals surface area contributed by atoms with Gasteiger partial charge in [0.25, 0.3) is 5.91 Å². The van der Waals surface area contributed by atoms with Gasteiger partial charge in [0.05, 0.1) is 13.3 Å². The lowest BCUT2D eigenvalue weighted by Crippen LogP contribution is -2.24. The van der Waals surface area contributed by atoms with E-state index in [0.717, 1.165) is 16.5 Å². The number of nitrogens with zero attached hydrogens (tertiary/aromatic N) is 2. The topological polar surface area (TPSA) is 82.0 Å². The van der Waals surface area contributed by atoms with Crippen molar-refractivity contribution in [1.29, 1.82) is 0 Å². The van der Waals surface area contributed by atoms with Gasteiger partial charge in [-0.05, 0) is 41.5 Å². The van der Waals surface area contributed by atoms with Gasteiger partial charge in [0, 0.05) is 11.6 Å². The van der Waals surface area contributed by atoms with E-state index in [1.807, 2.05) is 60.7 Å². The number of hydrazone groups is 1. The molecule has 0 aliphatic rings. The highest BCUT2D eigenvalue weighted by Crippen LogP contribution is 2.28. The Labute approximate surface area is 191 Å². The molecule has 0 unspecified atom stereocenters. The molecular weight excluding hydrogens is 418 g/mol. The molecule has 33 heavy (non-hydrogen) atoms. The largest absolute Gasteiger partial charge is 0.493 e. The van der Waals surface area contributed by atoms with Gasteiger partial charge in [0.1, 0.15) is 17.9 Å². The summed E-state index contributed by atoms with van der Waals surface area (Å²) in [5.41, 5.74) is 4.97. The van der Waals surface area contributed by atoms with E-state index in [0.29, 0.717) is 29.4 Å². The number of para-hydroxylation sites is 1. The number of pyridine rings is 1. The van der Waals surface area contributed by atoms with Gasteiger partial charge in [-0.25, -0.2) is 5.43 Å². The van der Waals surface area contributed by atoms with Crippen LogP contribution in [-0.4, -0.2) is 30.8 Å². The fourth-order valence-corrected chi connectivity index (χ4v) is 3.17. The van der Waals surface area contributed by atoms with Crippen molar-refractivity contribution in [2.24, 2.45) is 5.10 Å². The highest BCUT2D eigenvalue weighted by molar-refractivity contribution is 5.86. The molecule has 0 saturated heterocycles. The van der Waals surface area contributed by atoms with Gasteiger partial charge in [-0.3, -0.25) is 9.78 Å². The van der Waals surface area contributed by atoms with Gasteiger partial charge in [0.15, 0.2) is 18.1 Å². The lowest BCUT2D eigenvalue weighted by Gasteiger charge is -2.11. The van der Waals surface area contributed by atoms with E-state index in [-0.39, 0.29) is 12.5 Å². The number of hydrogen-bond acceptors (Lipinski definition) is 6. The maximum Gasteiger partial charge on any atom is 0.277 e. The lowest BCUT2D eigenvalue weighted by molar-refractivity contribution is -0.123. The van der Waals surface area contributed by atoms with Gasteiger partial charge in [-0.1, -0.05) is 48.5 Å². The van der Waals surface area contributed by atoms with Gasteiger partial charge >= 0.3 is 0 Å². The molecule has 1 amide bonds. The minimum atomic E-state index is -0.381. The number of aromatic nitrogens is 1. The van der Waals surface area contributed by atoms with Gasteiger partial charge in [0.2, 0.25) is 0 Å². The third-order valence-corrected chi connectivity index (χ3v) is 4.78. The molecule has 4 rings (SSSR count). The van der Waals surface area contributed by atoms with Crippen molar-refractivity contribution >= 4 is 23.0 Å². The predicted octanol–water partition coefficient (Wildman–Crippen LogP) is 4.35. The smallest absolute Gasteiger partial charge is 0.277 e. The molecule has 1 aromatic heterocycles. The molecule has 4 aromatic rings. The lowest BCUT2D eigenvalue weighted by atomic mass is 10.2. The molecule has 0 aliphatic heterocycles. The monoisotopic (exact) mass is 441 g/mol. The van der Waals surface area contributed by atoms with Crippen LogP contribution in [0.2, 0.25) is 0 Å². The number of carbonyl (C=O) groups excluding carboxylic acids is 1. The molecule has 1 N–H and O–H groups in total. The number of methoxy groups -OCH3 is 1. The number of rotatable bonds is 9. The van der Waals surface area contributed by atoms with Crippen molar-refractivity contribution in [3.05, 3.63) is 96.2 Å². The van der Waals surface area contributed by atoms with E-state index in [1.165, 1.54) is 6.21 Å². The third-order valence-electron chi connectivity index (χ3n) is 4.78. The van der Waals surface area contributed by atoms with Crippen LogP contribution >= 0.6 is 0 Å². The predicted molar refractivity (Wildman–Crippen MR) is 127 cm³/mol. The van der Waals surface area contributed by atoms with Crippen LogP contribution in [0.3, 0.4) is 0 Å². The molecule has 0 bridgehead atoms. The van der Waals surface area contributed by atoms with Crippen LogP contribution in [0.25, 0.3) is 10.9 Å². The van der Waals surface area contributed by atoms with Crippen LogP contribution < -0.4 is 19.6 Å².